The molecule has 5 nitrogen and oxygen atoms in total. The van der Waals surface area contributed by atoms with Gasteiger partial charge in [-0.1, -0.05) is 44.2 Å². The lowest BCUT2D eigenvalue weighted by molar-refractivity contribution is -0.136. The van der Waals surface area contributed by atoms with E-state index in [2.05, 4.69) is 40.8 Å². The van der Waals surface area contributed by atoms with E-state index in [1.54, 1.807) is 6.33 Å². The number of benzene rings is 1. The molecule has 0 bridgehead atoms. The maximum Gasteiger partial charge on any atom is 0.225 e. The minimum Gasteiger partial charge on any atom is -0.353 e. The first-order chi connectivity index (χ1) is 12.2. The number of carbonyl (C=O) groups excluding carboxylic acids is 1. The number of carbonyl (C=O) groups is 1. The van der Waals surface area contributed by atoms with Crippen LogP contribution in [0.2, 0.25) is 0 Å². The molecule has 1 aliphatic rings. The van der Waals surface area contributed by atoms with E-state index in [1.807, 2.05) is 29.2 Å². The van der Waals surface area contributed by atoms with Crippen molar-refractivity contribution in [2.45, 2.75) is 26.7 Å². The summed E-state index contributed by atoms with van der Waals surface area (Å²) in [6, 6.07) is 12.2. The Labute approximate surface area is 149 Å². The van der Waals surface area contributed by atoms with E-state index < -0.39 is 0 Å². The lowest BCUT2D eigenvalue weighted by Gasteiger charge is -2.36. The molecule has 0 atom stereocenters. The summed E-state index contributed by atoms with van der Waals surface area (Å²) in [6.45, 7) is 7.34. The van der Waals surface area contributed by atoms with Gasteiger partial charge in [-0.3, -0.25) is 4.79 Å². The molecular formula is C20H26N4O. The van der Waals surface area contributed by atoms with Crippen molar-refractivity contribution in [3.05, 3.63) is 42.7 Å². The van der Waals surface area contributed by atoms with Crippen LogP contribution in [0.5, 0.6) is 0 Å². The van der Waals surface area contributed by atoms with E-state index in [1.165, 1.54) is 0 Å². The molecule has 5 heteroatoms. The summed E-state index contributed by atoms with van der Waals surface area (Å²) in [6.07, 6.45) is 3.46. The molecule has 1 saturated heterocycles. The molecule has 1 aromatic heterocycles. The van der Waals surface area contributed by atoms with E-state index in [-0.39, 0.29) is 5.92 Å². The van der Waals surface area contributed by atoms with Gasteiger partial charge in [0.2, 0.25) is 5.91 Å². The number of hydrogen-bond donors (Lipinski definition) is 0. The Bertz CT molecular complexity index is 692. The summed E-state index contributed by atoms with van der Waals surface area (Å²) >= 11 is 0. The third kappa shape index (κ3) is 3.98. The van der Waals surface area contributed by atoms with Gasteiger partial charge in [0.1, 0.15) is 12.1 Å². The first-order valence-corrected chi connectivity index (χ1v) is 9.14. The number of anilines is 1. The zero-order valence-electron chi connectivity index (χ0n) is 15.1. The Morgan fingerprint density at radius 1 is 1.04 bits per heavy atom. The molecule has 1 aliphatic heterocycles. The highest BCUT2D eigenvalue weighted by atomic mass is 16.2. The fraction of sp³-hybridized carbons (Fsp3) is 0.450. The quantitative estimate of drug-likeness (QED) is 0.840. The van der Waals surface area contributed by atoms with Crippen LogP contribution in [0.1, 0.15) is 26.7 Å². The van der Waals surface area contributed by atoms with Crippen LogP contribution < -0.4 is 4.90 Å². The third-order valence-electron chi connectivity index (χ3n) is 4.97. The second-order valence-electron chi connectivity index (χ2n) is 6.45. The molecule has 132 valence electrons. The van der Waals surface area contributed by atoms with E-state index in [0.29, 0.717) is 5.91 Å². The van der Waals surface area contributed by atoms with Gasteiger partial charge in [0, 0.05) is 43.7 Å². The molecule has 1 amide bonds. The van der Waals surface area contributed by atoms with Crippen LogP contribution in [0.3, 0.4) is 0 Å². The lowest BCUT2D eigenvalue weighted by Crippen LogP contribution is -2.50. The lowest BCUT2D eigenvalue weighted by atomic mass is 10.0. The average Bonchev–Trinajstić information content (AvgIpc) is 2.70. The van der Waals surface area contributed by atoms with Gasteiger partial charge < -0.3 is 9.80 Å². The fourth-order valence-electron chi connectivity index (χ4n) is 3.34. The van der Waals surface area contributed by atoms with E-state index in [4.69, 9.17) is 0 Å². The van der Waals surface area contributed by atoms with Crippen LogP contribution in [0.25, 0.3) is 11.3 Å². The molecule has 1 fully saturated rings. The van der Waals surface area contributed by atoms with Crippen LogP contribution in [0.4, 0.5) is 5.82 Å². The molecule has 0 saturated carbocycles. The molecule has 2 aromatic rings. The SMILES string of the molecule is CCC(CC)C(=O)N1CCN(c2cc(-c3ccccc3)ncn2)CC1. The molecular weight excluding hydrogens is 312 g/mol. The molecule has 0 spiro atoms. The first-order valence-electron chi connectivity index (χ1n) is 9.14. The monoisotopic (exact) mass is 338 g/mol. The zero-order valence-corrected chi connectivity index (χ0v) is 15.1. The van der Waals surface area contributed by atoms with E-state index >= 15 is 0 Å². The van der Waals surface area contributed by atoms with E-state index in [9.17, 15) is 4.79 Å². The first kappa shape index (κ1) is 17.4. The van der Waals surface area contributed by atoms with Crippen LogP contribution in [-0.4, -0.2) is 47.0 Å². The predicted molar refractivity (Wildman–Crippen MR) is 100 cm³/mol. The van der Waals surface area contributed by atoms with Gasteiger partial charge in [0.25, 0.3) is 0 Å². The summed E-state index contributed by atoms with van der Waals surface area (Å²) < 4.78 is 0. The van der Waals surface area contributed by atoms with Gasteiger partial charge in [-0.2, -0.15) is 0 Å². The summed E-state index contributed by atoms with van der Waals surface area (Å²) in [7, 11) is 0. The van der Waals surface area contributed by atoms with Crippen LogP contribution in [0, 0.1) is 5.92 Å². The Hall–Kier alpha value is -2.43. The topological polar surface area (TPSA) is 49.3 Å². The summed E-state index contributed by atoms with van der Waals surface area (Å²) in [5.41, 5.74) is 2.02. The van der Waals surface area contributed by atoms with Gasteiger partial charge in [0.15, 0.2) is 0 Å². The van der Waals surface area contributed by atoms with Gasteiger partial charge in [-0.25, -0.2) is 9.97 Å². The third-order valence-corrected chi connectivity index (χ3v) is 4.97. The van der Waals surface area contributed by atoms with Crippen molar-refractivity contribution in [3.63, 3.8) is 0 Å². The molecule has 3 rings (SSSR count). The average molecular weight is 338 g/mol. The molecule has 0 N–H and O–H groups in total. The number of amides is 1. The maximum absolute atomic E-state index is 12.5. The minimum atomic E-state index is 0.162. The van der Waals surface area contributed by atoms with Crippen molar-refractivity contribution in [1.29, 1.82) is 0 Å². The summed E-state index contributed by atoms with van der Waals surface area (Å²) in [5.74, 6) is 1.40. The predicted octanol–water partition coefficient (Wildman–Crippen LogP) is 3.23. The van der Waals surface area contributed by atoms with Crippen LogP contribution >= 0.6 is 0 Å². The summed E-state index contributed by atoms with van der Waals surface area (Å²) in [4.78, 5) is 25.6. The van der Waals surface area contributed by atoms with Gasteiger partial charge in [-0.15, -0.1) is 0 Å². The molecule has 0 aliphatic carbocycles. The zero-order chi connectivity index (χ0) is 17.6. The molecule has 0 unspecified atom stereocenters. The molecule has 1 aromatic carbocycles. The number of rotatable bonds is 5. The van der Waals surface area contributed by atoms with Gasteiger partial charge in [0.05, 0.1) is 5.69 Å². The standard InChI is InChI=1S/C20H26N4O/c1-3-16(4-2)20(25)24-12-10-23(11-13-24)19-14-18(21-15-22-19)17-8-6-5-7-9-17/h5-9,14-16H,3-4,10-13H2,1-2H3. The number of aromatic nitrogens is 2. The smallest absolute Gasteiger partial charge is 0.225 e. The molecule has 25 heavy (non-hydrogen) atoms. The van der Waals surface area contributed by atoms with Crippen molar-refractivity contribution in [1.82, 2.24) is 14.9 Å². The second-order valence-corrected chi connectivity index (χ2v) is 6.45. The molecule has 2 heterocycles. The Balaban J connectivity index is 1.66. The van der Waals surface area contributed by atoms with Crippen molar-refractivity contribution in [2.75, 3.05) is 31.1 Å². The van der Waals surface area contributed by atoms with Crippen LogP contribution in [-0.2, 0) is 4.79 Å². The normalized spacial score (nSPS) is 14.8. The fourth-order valence-corrected chi connectivity index (χ4v) is 3.34. The number of nitrogens with zero attached hydrogens (tertiary/aromatic N) is 4. The highest BCUT2D eigenvalue weighted by Crippen LogP contribution is 2.22. The highest BCUT2D eigenvalue weighted by molar-refractivity contribution is 5.79. The van der Waals surface area contributed by atoms with Crippen molar-refractivity contribution in [2.24, 2.45) is 5.92 Å². The number of piperazine rings is 1. The number of hydrogen-bond acceptors (Lipinski definition) is 4. The van der Waals surface area contributed by atoms with E-state index in [0.717, 1.165) is 56.1 Å². The Kier molecular flexibility index (Phi) is 5.64. The van der Waals surface area contributed by atoms with Crippen molar-refractivity contribution >= 4 is 11.7 Å². The minimum absolute atomic E-state index is 0.162. The second kappa shape index (κ2) is 8.10. The van der Waals surface area contributed by atoms with Crippen molar-refractivity contribution < 1.29 is 4.79 Å². The highest BCUT2D eigenvalue weighted by Gasteiger charge is 2.26. The summed E-state index contributed by atoms with van der Waals surface area (Å²) in [5, 5.41) is 0. The van der Waals surface area contributed by atoms with Crippen LogP contribution in [0.15, 0.2) is 42.7 Å². The van der Waals surface area contributed by atoms with Crippen molar-refractivity contribution in [3.8, 4) is 11.3 Å². The maximum atomic E-state index is 12.5. The Morgan fingerprint density at radius 3 is 2.36 bits per heavy atom. The van der Waals surface area contributed by atoms with Gasteiger partial charge in [-0.05, 0) is 12.8 Å². The molecule has 0 radical (unpaired) electrons. The van der Waals surface area contributed by atoms with Gasteiger partial charge >= 0.3 is 0 Å². The largest absolute Gasteiger partial charge is 0.353 e. The Morgan fingerprint density at radius 2 is 1.72 bits per heavy atom.